The lowest BCUT2D eigenvalue weighted by Crippen LogP contribution is -2.33. The Labute approximate surface area is 98.3 Å². The van der Waals surface area contributed by atoms with Crippen molar-refractivity contribution in [1.82, 2.24) is 0 Å². The van der Waals surface area contributed by atoms with Crippen LogP contribution in [0.1, 0.15) is 11.6 Å². The zero-order valence-corrected chi connectivity index (χ0v) is 8.79. The predicted octanol–water partition coefficient (Wildman–Crippen LogP) is 3.19. The van der Waals surface area contributed by atoms with Gasteiger partial charge in [-0.2, -0.15) is 17.6 Å². The molecule has 102 valence electrons. The minimum Gasteiger partial charge on any atom is -0.428 e. The molecule has 18 heavy (non-hydrogen) atoms. The van der Waals surface area contributed by atoms with Crippen molar-refractivity contribution in [3.63, 3.8) is 0 Å². The molecule has 0 aliphatic heterocycles. The van der Waals surface area contributed by atoms with Crippen molar-refractivity contribution in [3.05, 3.63) is 29.8 Å². The number of ether oxygens (including phenoxy) is 1. The minimum atomic E-state index is -4.69. The topological polar surface area (TPSA) is 35.2 Å². The molecule has 0 radical (unpaired) electrons. The number of nitrogens with two attached hydrogens (primary N) is 1. The monoisotopic (exact) mass is 273 g/mol. The van der Waals surface area contributed by atoms with Gasteiger partial charge in [0.15, 0.2) is 0 Å². The van der Waals surface area contributed by atoms with Crippen molar-refractivity contribution in [3.8, 4) is 5.75 Å². The molecule has 1 rings (SSSR count). The van der Waals surface area contributed by atoms with Crippen LogP contribution in [0.3, 0.4) is 0 Å². The van der Waals surface area contributed by atoms with E-state index in [1.807, 2.05) is 0 Å². The lowest BCUT2D eigenvalue weighted by Gasteiger charge is -2.18. The molecule has 0 bridgehead atoms. The Bertz CT molecular complexity index is 398. The molecule has 1 aromatic rings. The fourth-order valence-electron chi connectivity index (χ4n) is 1.13. The molecule has 2 N–H and O–H groups in total. The number of benzene rings is 1. The average Bonchev–Trinajstić information content (AvgIpc) is 2.27. The van der Waals surface area contributed by atoms with Gasteiger partial charge < -0.3 is 10.5 Å². The van der Waals surface area contributed by atoms with Gasteiger partial charge in [0.05, 0.1) is 6.04 Å². The van der Waals surface area contributed by atoms with E-state index in [4.69, 9.17) is 5.73 Å². The lowest BCUT2D eigenvalue weighted by molar-refractivity contribution is -0.253. The molecule has 0 unspecified atom stereocenters. The molecule has 0 amide bonds. The van der Waals surface area contributed by atoms with E-state index in [1.54, 1.807) is 0 Å². The van der Waals surface area contributed by atoms with Crippen molar-refractivity contribution in [2.24, 2.45) is 5.73 Å². The number of halogens is 6. The van der Waals surface area contributed by atoms with E-state index in [9.17, 15) is 26.3 Å². The van der Waals surface area contributed by atoms with Crippen LogP contribution in [0, 0.1) is 0 Å². The van der Waals surface area contributed by atoms with Crippen molar-refractivity contribution in [2.45, 2.75) is 25.0 Å². The molecule has 0 fully saturated rings. The number of hydrogen-bond donors (Lipinski definition) is 1. The van der Waals surface area contributed by atoms with Crippen LogP contribution in [0.5, 0.6) is 5.75 Å². The van der Waals surface area contributed by atoms with E-state index in [-0.39, 0.29) is 5.56 Å². The van der Waals surface area contributed by atoms with E-state index in [0.29, 0.717) is 0 Å². The summed E-state index contributed by atoms with van der Waals surface area (Å²) in [5.41, 5.74) is 4.90. The zero-order chi connectivity index (χ0) is 13.9. The normalized spacial score (nSPS) is 14.1. The first kappa shape index (κ1) is 14.6. The Morgan fingerprint density at radius 3 is 2.22 bits per heavy atom. The number of hydrogen-bond acceptors (Lipinski definition) is 2. The van der Waals surface area contributed by atoms with Gasteiger partial charge in [0.25, 0.3) is 6.43 Å². The Hall–Kier alpha value is -1.44. The Balaban J connectivity index is 2.89. The second kappa shape index (κ2) is 5.47. The van der Waals surface area contributed by atoms with Gasteiger partial charge in [-0.1, -0.05) is 12.1 Å². The molecule has 8 heteroatoms. The summed E-state index contributed by atoms with van der Waals surface area (Å²) in [6.07, 6.45) is -11.6. The van der Waals surface area contributed by atoms with E-state index in [1.165, 1.54) is 0 Å². The molecule has 1 atom stereocenters. The van der Waals surface area contributed by atoms with Gasteiger partial charge in [0.2, 0.25) is 0 Å². The van der Waals surface area contributed by atoms with E-state index in [2.05, 4.69) is 4.74 Å². The van der Waals surface area contributed by atoms with Crippen LogP contribution in [-0.2, 0) is 0 Å². The van der Waals surface area contributed by atoms with Gasteiger partial charge in [0, 0.05) is 0 Å². The second-order valence-corrected chi connectivity index (χ2v) is 3.40. The minimum absolute atomic E-state index is 0.187. The first-order valence-electron chi connectivity index (χ1n) is 4.72. The summed E-state index contributed by atoms with van der Waals surface area (Å²) in [6.45, 7) is 0. The molecule has 0 saturated heterocycles. The summed E-state index contributed by atoms with van der Waals surface area (Å²) in [6, 6.07) is 2.28. The molecule has 0 saturated carbocycles. The maximum absolute atomic E-state index is 12.6. The molecule has 0 heterocycles. The summed E-state index contributed by atoms with van der Waals surface area (Å²) in [4.78, 5) is 0. The van der Waals surface area contributed by atoms with Crippen molar-refractivity contribution in [1.29, 1.82) is 0 Å². The highest BCUT2D eigenvalue weighted by atomic mass is 19.3. The third-order valence-electron chi connectivity index (χ3n) is 2.02. The third kappa shape index (κ3) is 3.52. The SMILES string of the molecule is N[C@H](c1cccc(OC(F)(F)C(F)F)c1)C(F)F. The molecular formula is C10H9F6NO. The van der Waals surface area contributed by atoms with Crippen LogP contribution in [0.4, 0.5) is 26.3 Å². The summed E-state index contributed by atoms with van der Waals surface area (Å²) in [7, 11) is 0. The molecule has 0 spiro atoms. The summed E-state index contributed by atoms with van der Waals surface area (Å²) in [5, 5.41) is 0. The maximum atomic E-state index is 12.6. The van der Waals surface area contributed by atoms with Crippen LogP contribution in [0.25, 0.3) is 0 Å². The molecule has 0 aromatic heterocycles. The van der Waals surface area contributed by atoms with Crippen molar-refractivity contribution < 1.29 is 31.1 Å². The van der Waals surface area contributed by atoms with Crippen LogP contribution in [0.2, 0.25) is 0 Å². The summed E-state index contributed by atoms with van der Waals surface area (Å²) < 4.78 is 77.2. The smallest absolute Gasteiger partial charge is 0.428 e. The Morgan fingerprint density at radius 2 is 1.72 bits per heavy atom. The largest absolute Gasteiger partial charge is 0.461 e. The van der Waals surface area contributed by atoms with Crippen molar-refractivity contribution >= 4 is 0 Å². The average molecular weight is 273 g/mol. The Kier molecular flexibility index (Phi) is 4.44. The molecular weight excluding hydrogens is 264 g/mol. The van der Waals surface area contributed by atoms with E-state index in [0.717, 1.165) is 24.3 Å². The van der Waals surface area contributed by atoms with Crippen molar-refractivity contribution in [2.75, 3.05) is 0 Å². The van der Waals surface area contributed by atoms with Gasteiger partial charge >= 0.3 is 12.5 Å². The summed E-state index contributed by atoms with van der Waals surface area (Å²) >= 11 is 0. The van der Waals surface area contributed by atoms with Gasteiger partial charge in [-0.15, -0.1) is 0 Å². The standard InChI is InChI=1S/C10H9F6NO/c11-8(12)7(17)5-2-1-3-6(4-5)18-10(15,16)9(13)14/h1-4,7-9H,17H2/t7-/m1/s1. The van der Waals surface area contributed by atoms with Crippen LogP contribution >= 0.6 is 0 Å². The highest BCUT2D eigenvalue weighted by Crippen LogP contribution is 2.29. The first-order valence-corrected chi connectivity index (χ1v) is 4.72. The molecule has 1 aromatic carbocycles. The highest BCUT2D eigenvalue weighted by Gasteiger charge is 2.44. The maximum Gasteiger partial charge on any atom is 0.461 e. The molecule has 2 nitrogen and oxygen atoms in total. The van der Waals surface area contributed by atoms with E-state index >= 15 is 0 Å². The quantitative estimate of drug-likeness (QED) is 0.836. The van der Waals surface area contributed by atoms with Gasteiger partial charge in [0.1, 0.15) is 5.75 Å². The van der Waals surface area contributed by atoms with Gasteiger partial charge in [-0.25, -0.2) is 8.78 Å². The summed E-state index contributed by atoms with van der Waals surface area (Å²) in [5.74, 6) is -0.658. The Morgan fingerprint density at radius 1 is 1.11 bits per heavy atom. The highest BCUT2D eigenvalue weighted by molar-refractivity contribution is 5.31. The predicted molar refractivity (Wildman–Crippen MR) is 51.0 cm³/mol. The van der Waals surface area contributed by atoms with E-state index < -0.39 is 30.8 Å². The number of rotatable bonds is 5. The van der Waals surface area contributed by atoms with Crippen LogP contribution in [-0.4, -0.2) is 19.0 Å². The van der Waals surface area contributed by atoms with Crippen LogP contribution in [0.15, 0.2) is 24.3 Å². The molecule has 0 aliphatic rings. The fraction of sp³-hybridized carbons (Fsp3) is 0.400. The second-order valence-electron chi connectivity index (χ2n) is 3.40. The molecule has 0 aliphatic carbocycles. The number of alkyl halides is 6. The van der Waals surface area contributed by atoms with Gasteiger partial charge in [-0.05, 0) is 17.7 Å². The zero-order valence-electron chi connectivity index (χ0n) is 8.79. The lowest BCUT2D eigenvalue weighted by atomic mass is 10.1. The third-order valence-corrected chi connectivity index (χ3v) is 2.02. The fourth-order valence-corrected chi connectivity index (χ4v) is 1.13. The van der Waals surface area contributed by atoms with Crippen LogP contribution < -0.4 is 10.5 Å². The van der Waals surface area contributed by atoms with Gasteiger partial charge in [-0.3, -0.25) is 0 Å². The first-order chi connectivity index (χ1) is 8.24.